The first-order chi connectivity index (χ1) is 10.9. The third-order valence-electron chi connectivity index (χ3n) is 4.00. The van der Waals surface area contributed by atoms with Gasteiger partial charge in [0.15, 0.2) is 9.84 Å². The molecule has 2 rings (SSSR count). The Hall–Kier alpha value is -1.11. The Bertz CT molecular complexity index is 594. The predicted octanol–water partition coefficient (Wildman–Crippen LogP) is 2.39. The molecule has 0 aromatic heterocycles. The van der Waals surface area contributed by atoms with Crippen LogP contribution in [0.5, 0.6) is 0 Å². The lowest BCUT2D eigenvalue weighted by Gasteiger charge is -2.35. The standard InChI is InChI=1S/C17H28N2O3S/c1-14-12-19(13-15(2)22-14)11-7-6-10-18-16-8-4-5-9-17(16)23(3,20)21/h4-5,8-9,14-15,18H,6-7,10-13H2,1-3H3/t14-,15+. The van der Waals surface area contributed by atoms with Crippen molar-refractivity contribution in [1.82, 2.24) is 4.90 Å². The molecule has 1 aliphatic rings. The Morgan fingerprint density at radius 1 is 1.17 bits per heavy atom. The van der Waals surface area contributed by atoms with Crippen LogP contribution in [0.15, 0.2) is 29.2 Å². The summed E-state index contributed by atoms with van der Waals surface area (Å²) in [5, 5.41) is 3.25. The fraction of sp³-hybridized carbons (Fsp3) is 0.647. The molecule has 1 aromatic rings. The minimum absolute atomic E-state index is 0.304. The van der Waals surface area contributed by atoms with E-state index in [-0.39, 0.29) is 0 Å². The second-order valence-corrected chi connectivity index (χ2v) is 8.40. The molecule has 0 radical (unpaired) electrons. The van der Waals surface area contributed by atoms with Crippen molar-refractivity contribution in [2.45, 2.75) is 43.8 Å². The van der Waals surface area contributed by atoms with Crippen molar-refractivity contribution < 1.29 is 13.2 Å². The minimum Gasteiger partial charge on any atom is -0.384 e. The van der Waals surface area contributed by atoms with Crippen molar-refractivity contribution in [2.24, 2.45) is 0 Å². The summed E-state index contributed by atoms with van der Waals surface area (Å²) in [6, 6.07) is 7.08. The summed E-state index contributed by atoms with van der Waals surface area (Å²) in [7, 11) is -3.19. The summed E-state index contributed by atoms with van der Waals surface area (Å²) in [5.41, 5.74) is 0.698. The van der Waals surface area contributed by atoms with Crippen LogP contribution < -0.4 is 5.32 Å². The monoisotopic (exact) mass is 340 g/mol. The van der Waals surface area contributed by atoms with Crippen LogP contribution in [0.1, 0.15) is 26.7 Å². The van der Waals surface area contributed by atoms with Gasteiger partial charge in [-0.2, -0.15) is 0 Å². The van der Waals surface area contributed by atoms with Gasteiger partial charge in [0.2, 0.25) is 0 Å². The number of hydrogen-bond donors (Lipinski definition) is 1. The van der Waals surface area contributed by atoms with E-state index >= 15 is 0 Å². The molecular formula is C17H28N2O3S. The zero-order chi connectivity index (χ0) is 16.9. The van der Waals surface area contributed by atoms with Gasteiger partial charge in [0.1, 0.15) is 0 Å². The second-order valence-electron chi connectivity index (χ2n) is 6.42. The van der Waals surface area contributed by atoms with E-state index < -0.39 is 9.84 Å². The molecule has 1 saturated heterocycles. The molecule has 130 valence electrons. The van der Waals surface area contributed by atoms with E-state index in [9.17, 15) is 8.42 Å². The van der Waals surface area contributed by atoms with Crippen LogP contribution in [-0.4, -0.2) is 58.0 Å². The first kappa shape index (κ1) is 18.2. The van der Waals surface area contributed by atoms with Crippen LogP contribution in [0.3, 0.4) is 0 Å². The van der Waals surface area contributed by atoms with Crippen molar-refractivity contribution in [3.8, 4) is 0 Å². The van der Waals surface area contributed by atoms with E-state index in [1.807, 2.05) is 12.1 Å². The maximum absolute atomic E-state index is 11.8. The van der Waals surface area contributed by atoms with Gasteiger partial charge in [-0.25, -0.2) is 8.42 Å². The van der Waals surface area contributed by atoms with Gasteiger partial charge in [-0.15, -0.1) is 0 Å². The molecule has 1 fully saturated rings. The van der Waals surface area contributed by atoms with Gasteiger partial charge in [0, 0.05) is 25.9 Å². The topological polar surface area (TPSA) is 58.6 Å². The molecule has 0 unspecified atom stereocenters. The normalized spacial score (nSPS) is 22.9. The molecule has 1 aliphatic heterocycles. The highest BCUT2D eigenvalue weighted by molar-refractivity contribution is 7.90. The molecule has 0 spiro atoms. The minimum atomic E-state index is -3.19. The van der Waals surface area contributed by atoms with Gasteiger partial charge >= 0.3 is 0 Å². The van der Waals surface area contributed by atoms with Crippen molar-refractivity contribution in [3.05, 3.63) is 24.3 Å². The second kappa shape index (κ2) is 8.13. The van der Waals surface area contributed by atoms with Crippen molar-refractivity contribution >= 4 is 15.5 Å². The number of ether oxygens (including phenoxy) is 1. The largest absolute Gasteiger partial charge is 0.384 e. The van der Waals surface area contributed by atoms with Gasteiger partial charge in [-0.1, -0.05) is 12.1 Å². The summed E-state index contributed by atoms with van der Waals surface area (Å²) in [6.07, 6.45) is 3.96. The zero-order valence-electron chi connectivity index (χ0n) is 14.3. The number of sulfone groups is 1. The number of anilines is 1. The lowest BCUT2D eigenvalue weighted by atomic mass is 10.2. The van der Waals surface area contributed by atoms with Gasteiger partial charge < -0.3 is 10.1 Å². The van der Waals surface area contributed by atoms with E-state index in [1.165, 1.54) is 6.26 Å². The Morgan fingerprint density at radius 2 is 1.83 bits per heavy atom. The highest BCUT2D eigenvalue weighted by Gasteiger charge is 2.21. The van der Waals surface area contributed by atoms with E-state index in [4.69, 9.17) is 4.74 Å². The van der Waals surface area contributed by atoms with E-state index in [1.54, 1.807) is 12.1 Å². The predicted molar refractivity (Wildman–Crippen MR) is 93.7 cm³/mol. The van der Waals surface area contributed by atoms with Gasteiger partial charge in [-0.3, -0.25) is 4.90 Å². The Balaban J connectivity index is 1.74. The van der Waals surface area contributed by atoms with Gasteiger partial charge in [0.05, 0.1) is 22.8 Å². The SMILES string of the molecule is C[C@@H]1CN(CCCCNc2ccccc2S(C)(=O)=O)C[C@H](C)O1. The number of unbranched alkanes of at least 4 members (excludes halogenated alkanes) is 1. The number of hydrogen-bond acceptors (Lipinski definition) is 5. The van der Waals surface area contributed by atoms with Crippen molar-refractivity contribution in [1.29, 1.82) is 0 Å². The van der Waals surface area contributed by atoms with E-state index in [0.29, 0.717) is 22.8 Å². The van der Waals surface area contributed by atoms with Crippen LogP contribution in [0, 0.1) is 0 Å². The Morgan fingerprint density at radius 3 is 2.48 bits per heavy atom. The molecule has 0 bridgehead atoms. The summed E-state index contributed by atoms with van der Waals surface area (Å²) in [5.74, 6) is 0. The maximum Gasteiger partial charge on any atom is 0.177 e. The molecule has 1 heterocycles. The first-order valence-corrected chi connectivity index (χ1v) is 10.2. The quantitative estimate of drug-likeness (QED) is 0.773. The first-order valence-electron chi connectivity index (χ1n) is 8.27. The van der Waals surface area contributed by atoms with Gasteiger partial charge in [0.25, 0.3) is 0 Å². The molecule has 0 amide bonds. The van der Waals surface area contributed by atoms with Crippen molar-refractivity contribution in [3.63, 3.8) is 0 Å². The zero-order valence-corrected chi connectivity index (χ0v) is 15.1. The highest BCUT2D eigenvalue weighted by atomic mass is 32.2. The number of nitrogens with zero attached hydrogens (tertiary/aromatic N) is 1. The van der Waals surface area contributed by atoms with Gasteiger partial charge in [-0.05, 0) is 45.4 Å². The number of rotatable bonds is 7. The summed E-state index contributed by atoms with van der Waals surface area (Å²) in [6.45, 7) is 8.07. The number of benzene rings is 1. The van der Waals surface area contributed by atoms with Crippen LogP contribution >= 0.6 is 0 Å². The number of nitrogens with one attached hydrogen (secondary N) is 1. The molecule has 5 nitrogen and oxygen atoms in total. The molecule has 2 atom stereocenters. The molecular weight excluding hydrogens is 312 g/mol. The molecule has 1 aromatic carbocycles. The summed E-state index contributed by atoms with van der Waals surface area (Å²) < 4.78 is 29.2. The molecule has 1 N–H and O–H groups in total. The summed E-state index contributed by atoms with van der Waals surface area (Å²) in [4.78, 5) is 2.82. The number of para-hydroxylation sites is 1. The highest BCUT2D eigenvalue weighted by Crippen LogP contribution is 2.20. The lowest BCUT2D eigenvalue weighted by Crippen LogP contribution is -2.45. The van der Waals surface area contributed by atoms with Crippen LogP contribution in [0.25, 0.3) is 0 Å². The third-order valence-corrected chi connectivity index (χ3v) is 5.15. The van der Waals surface area contributed by atoms with Crippen LogP contribution in [-0.2, 0) is 14.6 Å². The van der Waals surface area contributed by atoms with E-state index in [2.05, 4.69) is 24.1 Å². The lowest BCUT2D eigenvalue weighted by molar-refractivity contribution is -0.0681. The van der Waals surface area contributed by atoms with Crippen LogP contribution in [0.4, 0.5) is 5.69 Å². The average Bonchev–Trinajstić information content (AvgIpc) is 2.45. The fourth-order valence-corrected chi connectivity index (χ4v) is 3.95. The number of morpholine rings is 1. The Kier molecular flexibility index (Phi) is 6.44. The molecule has 6 heteroatoms. The fourth-order valence-electron chi connectivity index (χ4n) is 3.09. The van der Waals surface area contributed by atoms with Crippen LogP contribution in [0.2, 0.25) is 0 Å². The Labute approximate surface area is 139 Å². The summed E-state index contributed by atoms with van der Waals surface area (Å²) >= 11 is 0. The smallest absolute Gasteiger partial charge is 0.177 e. The third kappa shape index (κ3) is 5.79. The molecule has 23 heavy (non-hydrogen) atoms. The van der Waals surface area contributed by atoms with E-state index in [0.717, 1.165) is 39.0 Å². The maximum atomic E-state index is 11.8. The molecule has 0 saturated carbocycles. The average molecular weight is 340 g/mol. The van der Waals surface area contributed by atoms with Crippen molar-refractivity contribution in [2.75, 3.05) is 37.8 Å². The molecule has 0 aliphatic carbocycles.